The summed E-state index contributed by atoms with van der Waals surface area (Å²) in [4.78, 5) is 8.21. The molecule has 0 aliphatic carbocycles. The third-order valence-electron chi connectivity index (χ3n) is 2.64. The van der Waals surface area contributed by atoms with Gasteiger partial charge in [0.15, 0.2) is 0 Å². The summed E-state index contributed by atoms with van der Waals surface area (Å²) in [5.41, 5.74) is 0. The fourth-order valence-electron chi connectivity index (χ4n) is 1.79. The van der Waals surface area contributed by atoms with E-state index in [1.165, 1.54) is 0 Å². The van der Waals surface area contributed by atoms with Crippen molar-refractivity contribution in [2.45, 2.75) is 0 Å². The molecule has 0 spiro atoms. The van der Waals surface area contributed by atoms with E-state index in [1.807, 2.05) is 36.4 Å². The summed E-state index contributed by atoms with van der Waals surface area (Å²) >= 11 is 9.40. The number of fused-ring (bicyclic) bond motifs is 1. The van der Waals surface area contributed by atoms with E-state index in [0.717, 1.165) is 10.8 Å². The molecule has 0 N–H and O–H groups in total. The molecule has 94 valence electrons. The van der Waals surface area contributed by atoms with Gasteiger partial charge in [-0.2, -0.15) is 0 Å². The third-order valence-corrected chi connectivity index (χ3v) is 3.38. The summed E-state index contributed by atoms with van der Waals surface area (Å²) in [5, 5.41) is 2.59. The monoisotopic (exact) mass is 334 g/mol. The Balaban J connectivity index is 2.06. The zero-order valence-corrected chi connectivity index (χ0v) is 12.0. The highest BCUT2D eigenvalue weighted by molar-refractivity contribution is 9.10. The molecule has 2 aromatic carbocycles. The van der Waals surface area contributed by atoms with Crippen molar-refractivity contribution in [1.82, 2.24) is 9.97 Å². The average Bonchev–Trinajstić information content (AvgIpc) is 2.45. The van der Waals surface area contributed by atoms with Crippen LogP contribution in [-0.2, 0) is 0 Å². The minimum Gasteiger partial charge on any atom is -0.437 e. The fourth-order valence-corrected chi connectivity index (χ4v) is 2.22. The molecule has 0 aliphatic heterocycles. The minimum atomic E-state index is 0.440. The Hall–Kier alpha value is -1.65. The zero-order chi connectivity index (χ0) is 13.2. The highest BCUT2D eigenvalue weighted by Gasteiger charge is 2.07. The highest BCUT2D eigenvalue weighted by atomic mass is 79.9. The van der Waals surface area contributed by atoms with Crippen LogP contribution in [0.1, 0.15) is 0 Å². The first-order chi connectivity index (χ1) is 9.24. The van der Waals surface area contributed by atoms with Crippen molar-refractivity contribution in [1.29, 1.82) is 0 Å². The van der Waals surface area contributed by atoms with Crippen LogP contribution in [0.15, 0.2) is 53.4 Å². The van der Waals surface area contributed by atoms with E-state index >= 15 is 0 Å². The van der Waals surface area contributed by atoms with Gasteiger partial charge in [-0.1, -0.05) is 35.9 Å². The molecule has 0 amide bonds. The van der Waals surface area contributed by atoms with Crippen molar-refractivity contribution >= 4 is 38.3 Å². The van der Waals surface area contributed by atoms with Crippen molar-refractivity contribution in [3.63, 3.8) is 0 Å². The Kier molecular flexibility index (Phi) is 3.36. The molecular formula is C14H8BrClN2O. The second kappa shape index (κ2) is 5.15. The molecule has 0 bridgehead atoms. The van der Waals surface area contributed by atoms with Crippen LogP contribution < -0.4 is 4.74 Å². The molecule has 3 aromatic rings. The summed E-state index contributed by atoms with van der Waals surface area (Å²) in [7, 11) is 0. The van der Waals surface area contributed by atoms with Crippen molar-refractivity contribution in [3.05, 3.63) is 58.4 Å². The maximum Gasteiger partial charge on any atom is 0.237 e. The zero-order valence-electron chi connectivity index (χ0n) is 9.68. The molecule has 5 heteroatoms. The molecule has 0 aliphatic rings. The topological polar surface area (TPSA) is 35.0 Å². The van der Waals surface area contributed by atoms with Crippen LogP contribution in [0.4, 0.5) is 0 Å². The van der Waals surface area contributed by atoms with E-state index < -0.39 is 0 Å². The lowest BCUT2D eigenvalue weighted by Gasteiger charge is -2.08. The molecule has 0 saturated carbocycles. The number of ether oxygens (including phenoxy) is 1. The Labute approximate surface area is 123 Å². The van der Waals surface area contributed by atoms with Gasteiger partial charge in [0.05, 0.1) is 12.4 Å². The van der Waals surface area contributed by atoms with Crippen LogP contribution >= 0.6 is 27.5 Å². The summed E-state index contributed by atoms with van der Waals surface area (Å²) in [6.45, 7) is 0. The molecule has 0 saturated heterocycles. The van der Waals surface area contributed by atoms with Crippen LogP contribution in [0.25, 0.3) is 10.8 Å². The Morgan fingerprint density at radius 1 is 0.947 bits per heavy atom. The van der Waals surface area contributed by atoms with E-state index in [4.69, 9.17) is 16.3 Å². The van der Waals surface area contributed by atoms with Crippen molar-refractivity contribution in [3.8, 4) is 11.6 Å². The molecule has 3 nitrogen and oxygen atoms in total. The summed E-state index contributed by atoms with van der Waals surface area (Å²) in [6, 6.07) is 11.4. The van der Waals surface area contributed by atoms with Crippen LogP contribution in [0.2, 0.25) is 5.02 Å². The smallest absolute Gasteiger partial charge is 0.237 e. The van der Waals surface area contributed by atoms with Crippen LogP contribution in [0.3, 0.4) is 0 Å². The number of aromatic nitrogens is 2. The third kappa shape index (κ3) is 2.55. The number of hydrogen-bond acceptors (Lipinski definition) is 3. The highest BCUT2D eigenvalue weighted by Crippen LogP contribution is 2.33. The molecule has 0 radical (unpaired) electrons. The first kappa shape index (κ1) is 12.4. The van der Waals surface area contributed by atoms with E-state index in [1.54, 1.807) is 12.4 Å². The Morgan fingerprint density at radius 2 is 1.74 bits per heavy atom. The molecule has 0 unspecified atom stereocenters. The Morgan fingerprint density at radius 3 is 2.47 bits per heavy atom. The number of nitrogens with zero attached hydrogens (tertiary/aromatic N) is 2. The molecular weight excluding hydrogens is 328 g/mol. The molecule has 0 fully saturated rings. The number of benzene rings is 2. The lowest BCUT2D eigenvalue weighted by Crippen LogP contribution is -1.90. The molecule has 3 rings (SSSR count). The van der Waals surface area contributed by atoms with E-state index in [2.05, 4.69) is 25.9 Å². The lowest BCUT2D eigenvalue weighted by atomic mass is 10.1. The van der Waals surface area contributed by atoms with E-state index in [0.29, 0.717) is 21.3 Å². The van der Waals surface area contributed by atoms with Crippen LogP contribution in [-0.4, -0.2) is 9.97 Å². The van der Waals surface area contributed by atoms with Crippen molar-refractivity contribution < 1.29 is 4.74 Å². The number of rotatable bonds is 2. The normalized spacial score (nSPS) is 10.6. The van der Waals surface area contributed by atoms with Gasteiger partial charge in [0, 0.05) is 15.8 Å². The first-order valence-electron chi connectivity index (χ1n) is 5.57. The predicted octanol–water partition coefficient (Wildman–Crippen LogP) is 4.84. The fraction of sp³-hybridized carbons (Fsp3) is 0. The quantitative estimate of drug-likeness (QED) is 0.672. The molecule has 0 atom stereocenters. The van der Waals surface area contributed by atoms with Crippen LogP contribution in [0, 0.1) is 0 Å². The molecule has 1 aromatic heterocycles. The van der Waals surface area contributed by atoms with Gasteiger partial charge in [-0.15, -0.1) is 0 Å². The van der Waals surface area contributed by atoms with Gasteiger partial charge in [0.1, 0.15) is 10.4 Å². The van der Waals surface area contributed by atoms with E-state index in [-0.39, 0.29) is 0 Å². The standard InChI is InChI=1S/C14H8BrClN2O/c15-13-7-18-14(8-17-13)19-12-6-5-11(16)9-3-1-2-4-10(9)12/h1-8H. The average molecular weight is 336 g/mol. The number of hydrogen-bond donors (Lipinski definition) is 0. The van der Waals surface area contributed by atoms with Gasteiger partial charge in [-0.05, 0) is 28.1 Å². The maximum atomic E-state index is 6.16. The van der Waals surface area contributed by atoms with Crippen molar-refractivity contribution in [2.75, 3.05) is 0 Å². The van der Waals surface area contributed by atoms with Gasteiger partial charge in [-0.3, -0.25) is 0 Å². The van der Waals surface area contributed by atoms with E-state index in [9.17, 15) is 0 Å². The summed E-state index contributed by atoms with van der Waals surface area (Å²) < 4.78 is 6.42. The van der Waals surface area contributed by atoms with Gasteiger partial charge in [-0.25, -0.2) is 9.97 Å². The SMILES string of the molecule is Clc1ccc(Oc2cnc(Br)cn2)c2ccccc12. The molecule has 19 heavy (non-hydrogen) atoms. The second-order valence-corrected chi connectivity index (χ2v) is 5.09. The van der Waals surface area contributed by atoms with Crippen LogP contribution in [0.5, 0.6) is 11.6 Å². The largest absolute Gasteiger partial charge is 0.437 e. The number of halogens is 2. The summed E-state index contributed by atoms with van der Waals surface area (Å²) in [5.74, 6) is 1.15. The van der Waals surface area contributed by atoms with Crippen molar-refractivity contribution in [2.24, 2.45) is 0 Å². The van der Waals surface area contributed by atoms with Gasteiger partial charge in [0.2, 0.25) is 5.88 Å². The maximum absolute atomic E-state index is 6.16. The second-order valence-electron chi connectivity index (χ2n) is 3.87. The minimum absolute atomic E-state index is 0.440. The van der Waals surface area contributed by atoms with Gasteiger partial charge < -0.3 is 4.74 Å². The molecule has 1 heterocycles. The van der Waals surface area contributed by atoms with Gasteiger partial charge >= 0.3 is 0 Å². The van der Waals surface area contributed by atoms with Gasteiger partial charge in [0.25, 0.3) is 0 Å². The Bertz CT molecular complexity index is 731. The first-order valence-corrected chi connectivity index (χ1v) is 6.74. The predicted molar refractivity (Wildman–Crippen MR) is 78.8 cm³/mol. The summed E-state index contributed by atoms with van der Waals surface area (Å²) in [6.07, 6.45) is 3.15. The lowest BCUT2D eigenvalue weighted by molar-refractivity contribution is 0.465.